The molecule has 0 spiro atoms. The van der Waals surface area contributed by atoms with E-state index in [9.17, 15) is 9.90 Å². The molecule has 0 aliphatic rings. The van der Waals surface area contributed by atoms with Crippen LogP contribution in [-0.4, -0.2) is 21.3 Å². The van der Waals surface area contributed by atoms with E-state index in [4.69, 9.17) is 5.11 Å². The fourth-order valence-corrected chi connectivity index (χ4v) is 2.31. The van der Waals surface area contributed by atoms with Crippen molar-refractivity contribution >= 4 is 22.6 Å². The quantitative estimate of drug-likeness (QED) is 0.781. The zero-order chi connectivity index (χ0) is 12.3. The summed E-state index contributed by atoms with van der Waals surface area (Å²) in [5.41, 5.74) is 1.66. The number of rotatable bonds is 3. The molecule has 2 aromatic rings. The van der Waals surface area contributed by atoms with Crippen LogP contribution < -0.4 is 5.32 Å². The van der Waals surface area contributed by atoms with E-state index >= 15 is 0 Å². The number of carbonyl (C=O) groups is 1. The Labute approximate surface area is 101 Å². The molecule has 5 nitrogen and oxygen atoms in total. The number of aliphatic hydroxyl groups is 1. The first-order valence-corrected chi connectivity index (χ1v) is 5.67. The van der Waals surface area contributed by atoms with Crippen LogP contribution in [0.4, 0.5) is 9.93 Å². The Balaban J connectivity index is 2.33. The van der Waals surface area contributed by atoms with Gasteiger partial charge < -0.3 is 10.2 Å². The van der Waals surface area contributed by atoms with Crippen molar-refractivity contribution in [2.75, 3.05) is 5.32 Å². The van der Waals surface area contributed by atoms with Crippen LogP contribution in [0.5, 0.6) is 0 Å². The van der Waals surface area contributed by atoms with Crippen molar-refractivity contribution in [2.24, 2.45) is 0 Å². The summed E-state index contributed by atoms with van der Waals surface area (Å²) in [4.78, 5) is 15.2. The average Bonchev–Trinajstić information content (AvgIpc) is 2.76. The lowest BCUT2D eigenvalue weighted by molar-refractivity contribution is 0.209. The maximum absolute atomic E-state index is 10.5. The van der Waals surface area contributed by atoms with Crippen LogP contribution in [0, 0.1) is 0 Å². The van der Waals surface area contributed by atoms with Gasteiger partial charge in [0.25, 0.3) is 0 Å². The summed E-state index contributed by atoms with van der Waals surface area (Å²) in [5.74, 6) is 0. The molecule has 0 radical (unpaired) electrons. The Kier molecular flexibility index (Phi) is 3.36. The second kappa shape index (κ2) is 4.94. The topological polar surface area (TPSA) is 82.5 Å². The molecule has 0 saturated carbocycles. The molecular weight excluding hydrogens is 240 g/mol. The van der Waals surface area contributed by atoms with Gasteiger partial charge in [0.05, 0.1) is 11.5 Å². The zero-order valence-electron chi connectivity index (χ0n) is 8.75. The highest BCUT2D eigenvalue weighted by atomic mass is 32.1. The SMILES string of the molecule is O=C(O)Nc1ncc(-c2ccccc2CO)s1. The van der Waals surface area contributed by atoms with Crippen LogP contribution in [0.3, 0.4) is 0 Å². The molecule has 1 amide bonds. The number of thiazole rings is 1. The van der Waals surface area contributed by atoms with Crippen LogP contribution in [0.15, 0.2) is 30.5 Å². The van der Waals surface area contributed by atoms with Gasteiger partial charge in [-0.2, -0.15) is 0 Å². The molecule has 0 saturated heterocycles. The molecule has 6 heteroatoms. The third-order valence-corrected chi connectivity index (χ3v) is 3.12. The molecule has 0 atom stereocenters. The third kappa shape index (κ3) is 2.61. The number of carboxylic acid groups (broad SMARTS) is 1. The lowest BCUT2D eigenvalue weighted by Gasteiger charge is -2.03. The smallest absolute Gasteiger partial charge is 0.410 e. The molecule has 88 valence electrons. The van der Waals surface area contributed by atoms with E-state index in [2.05, 4.69) is 10.3 Å². The van der Waals surface area contributed by atoms with Gasteiger partial charge in [0.2, 0.25) is 0 Å². The second-order valence-corrected chi connectivity index (χ2v) is 4.31. The number of aromatic nitrogens is 1. The summed E-state index contributed by atoms with van der Waals surface area (Å²) in [6, 6.07) is 7.38. The third-order valence-electron chi connectivity index (χ3n) is 2.17. The van der Waals surface area contributed by atoms with Crippen LogP contribution >= 0.6 is 11.3 Å². The Bertz CT molecular complexity index is 539. The molecule has 3 N–H and O–H groups in total. The highest BCUT2D eigenvalue weighted by Crippen LogP contribution is 2.31. The number of hydrogen-bond donors (Lipinski definition) is 3. The van der Waals surface area contributed by atoms with Gasteiger partial charge in [-0.25, -0.2) is 9.78 Å². The molecule has 1 aromatic carbocycles. The molecule has 0 unspecified atom stereocenters. The molecule has 17 heavy (non-hydrogen) atoms. The summed E-state index contributed by atoms with van der Waals surface area (Å²) < 4.78 is 0. The van der Waals surface area contributed by atoms with Gasteiger partial charge in [0, 0.05) is 6.20 Å². The molecule has 1 heterocycles. The number of benzene rings is 1. The number of amides is 1. The first-order chi connectivity index (χ1) is 8.20. The van der Waals surface area contributed by atoms with Gasteiger partial charge in [-0.05, 0) is 11.1 Å². The lowest BCUT2D eigenvalue weighted by atomic mass is 10.1. The summed E-state index contributed by atoms with van der Waals surface area (Å²) in [6.45, 7) is -0.0598. The minimum absolute atomic E-state index is 0.0598. The molecule has 0 bridgehead atoms. The van der Waals surface area contributed by atoms with Crippen LogP contribution in [-0.2, 0) is 6.61 Å². The van der Waals surface area contributed by atoms with E-state index in [-0.39, 0.29) is 6.61 Å². The minimum Gasteiger partial charge on any atom is -0.465 e. The Hall–Kier alpha value is -1.92. The summed E-state index contributed by atoms with van der Waals surface area (Å²) in [5, 5.41) is 20.3. The summed E-state index contributed by atoms with van der Waals surface area (Å²) in [6.07, 6.45) is 0.450. The van der Waals surface area contributed by atoms with Gasteiger partial charge in [-0.1, -0.05) is 35.6 Å². The highest BCUT2D eigenvalue weighted by Gasteiger charge is 2.09. The fraction of sp³-hybridized carbons (Fsp3) is 0.0909. The van der Waals surface area contributed by atoms with Crippen molar-refractivity contribution in [3.63, 3.8) is 0 Å². The molecule has 0 aliphatic heterocycles. The summed E-state index contributed by atoms with van der Waals surface area (Å²) >= 11 is 1.23. The van der Waals surface area contributed by atoms with Gasteiger partial charge in [0.15, 0.2) is 5.13 Å². The number of hydrogen-bond acceptors (Lipinski definition) is 4. The first-order valence-electron chi connectivity index (χ1n) is 4.85. The van der Waals surface area contributed by atoms with E-state index < -0.39 is 6.09 Å². The van der Waals surface area contributed by atoms with Crippen molar-refractivity contribution in [1.82, 2.24) is 4.98 Å². The number of anilines is 1. The van der Waals surface area contributed by atoms with Crippen molar-refractivity contribution in [1.29, 1.82) is 0 Å². The highest BCUT2D eigenvalue weighted by molar-refractivity contribution is 7.19. The van der Waals surface area contributed by atoms with Crippen LogP contribution in [0.25, 0.3) is 10.4 Å². The lowest BCUT2D eigenvalue weighted by Crippen LogP contribution is -2.06. The van der Waals surface area contributed by atoms with E-state index in [1.165, 1.54) is 11.3 Å². The number of nitrogens with one attached hydrogen (secondary N) is 1. The van der Waals surface area contributed by atoms with Crippen molar-refractivity contribution < 1.29 is 15.0 Å². The van der Waals surface area contributed by atoms with Crippen LogP contribution in [0.1, 0.15) is 5.56 Å². The first kappa shape index (κ1) is 11.6. The zero-order valence-corrected chi connectivity index (χ0v) is 9.57. The van der Waals surface area contributed by atoms with E-state index in [1.807, 2.05) is 24.3 Å². The average molecular weight is 250 g/mol. The van der Waals surface area contributed by atoms with Gasteiger partial charge in [-0.3, -0.25) is 5.32 Å². The molecular formula is C11H10N2O3S. The molecule has 2 rings (SSSR count). The standard InChI is InChI=1S/C11H10N2O3S/c14-6-7-3-1-2-4-8(7)9-5-12-10(17-9)13-11(15)16/h1-5,14H,6H2,(H,12,13)(H,15,16). The van der Waals surface area contributed by atoms with Crippen molar-refractivity contribution in [3.05, 3.63) is 36.0 Å². The van der Waals surface area contributed by atoms with E-state index in [0.717, 1.165) is 16.0 Å². The monoisotopic (exact) mass is 250 g/mol. The van der Waals surface area contributed by atoms with E-state index in [1.54, 1.807) is 6.20 Å². The van der Waals surface area contributed by atoms with Crippen molar-refractivity contribution in [3.8, 4) is 10.4 Å². The normalized spacial score (nSPS) is 10.2. The second-order valence-electron chi connectivity index (χ2n) is 3.28. The largest absolute Gasteiger partial charge is 0.465 e. The number of nitrogens with zero attached hydrogens (tertiary/aromatic N) is 1. The van der Waals surface area contributed by atoms with Gasteiger partial charge in [0.1, 0.15) is 0 Å². The molecule has 0 fully saturated rings. The van der Waals surface area contributed by atoms with Crippen LogP contribution in [0.2, 0.25) is 0 Å². The molecule has 0 aliphatic carbocycles. The van der Waals surface area contributed by atoms with Crippen molar-refractivity contribution in [2.45, 2.75) is 6.61 Å². The fourth-order valence-electron chi connectivity index (χ4n) is 1.45. The Morgan fingerprint density at radius 3 is 2.88 bits per heavy atom. The maximum Gasteiger partial charge on any atom is 0.410 e. The van der Waals surface area contributed by atoms with E-state index in [0.29, 0.717) is 5.13 Å². The minimum atomic E-state index is -1.14. The van der Waals surface area contributed by atoms with Gasteiger partial charge >= 0.3 is 6.09 Å². The summed E-state index contributed by atoms with van der Waals surface area (Å²) in [7, 11) is 0. The van der Waals surface area contributed by atoms with Gasteiger partial charge in [-0.15, -0.1) is 0 Å². The Morgan fingerprint density at radius 2 is 2.18 bits per heavy atom. The maximum atomic E-state index is 10.5. The predicted molar refractivity (Wildman–Crippen MR) is 65.1 cm³/mol. The predicted octanol–water partition coefficient (Wildman–Crippen LogP) is 2.39. The Morgan fingerprint density at radius 1 is 1.41 bits per heavy atom. The number of aliphatic hydroxyl groups excluding tert-OH is 1. The molecule has 1 aromatic heterocycles.